The second kappa shape index (κ2) is 5.86. The molecule has 0 fully saturated rings. The number of methoxy groups -OCH3 is 1. The van der Waals surface area contributed by atoms with Gasteiger partial charge in [-0.2, -0.15) is 0 Å². The first-order chi connectivity index (χ1) is 8.01. The van der Waals surface area contributed by atoms with E-state index in [1.807, 2.05) is 0 Å². The molecular formula is C12H19NO4. The Bertz CT molecular complexity index is 349. The third-order valence-corrected chi connectivity index (χ3v) is 2.68. The van der Waals surface area contributed by atoms with E-state index >= 15 is 0 Å². The number of rotatable bonds is 6. The number of aliphatic hydroxyl groups is 1. The van der Waals surface area contributed by atoms with E-state index in [-0.39, 0.29) is 18.1 Å². The summed E-state index contributed by atoms with van der Waals surface area (Å²) in [4.78, 5) is 0. The smallest absolute Gasteiger partial charge is 0.119 e. The zero-order valence-corrected chi connectivity index (χ0v) is 10.1. The molecule has 0 aliphatic rings. The molecule has 1 aromatic carbocycles. The molecular weight excluding hydrogens is 222 g/mol. The van der Waals surface area contributed by atoms with E-state index in [0.717, 1.165) is 0 Å². The third kappa shape index (κ3) is 3.59. The summed E-state index contributed by atoms with van der Waals surface area (Å²) in [6.07, 6.45) is 0. The molecule has 4 N–H and O–H groups in total. The molecule has 0 aliphatic heterocycles. The maximum Gasteiger partial charge on any atom is 0.119 e. The van der Waals surface area contributed by atoms with Crippen LogP contribution in [0.1, 0.15) is 12.5 Å². The van der Waals surface area contributed by atoms with Gasteiger partial charge in [0, 0.05) is 19.7 Å². The third-order valence-electron chi connectivity index (χ3n) is 2.68. The molecule has 0 radical (unpaired) electrons. The van der Waals surface area contributed by atoms with Gasteiger partial charge in [0.15, 0.2) is 0 Å². The molecule has 0 aromatic heterocycles. The van der Waals surface area contributed by atoms with E-state index in [2.05, 4.69) is 5.32 Å². The predicted molar refractivity (Wildman–Crippen MR) is 64.1 cm³/mol. The van der Waals surface area contributed by atoms with E-state index in [9.17, 15) is 15.3 Å². The number of benzene rings is 1. The molecule has 0 saturated carbocycles. The van der Waals surface area contributed by atoms with Gasteiger partial charge in [-0.1, -0.05) is 0 Å². The summed E-state index contributed by atoms with van der Waals surface area (Å²) < 4.78 is 4.92. The average molecular weight is 241 g/mol. The number of hydrogen-bond donors (Lipinski definition) is 4. The van der Waals surface area contributed by atoms with Crippen molar-refractivity contribution in [2.24, 2.45) is 0 Å². The number of nitrogens with one attached hydrogen (secondary N) is 1. The second-order valence-electron chi connectivity index (χ2n) is 4.15. The van der Waals surface area contributed by atoms with Crippen molar-refractivity contribution in [3.05, 3.63) is 23.8 Å². The summed E-state index contributed by atoms with van der Waals surface area (Å²) in [6, 6.07) is 4.27. The molecule has 96 valence electrons. The zero-order valence-electron chi connectivity index (χ0n) is 10.1. The largest absolute Gasteiger partial charge is 0.508 e. The summed E-state index contributed by atoms with van der Waals surface area (Å²) in [5, 5.41) is 31.4. The number of phenols is 2. The van der Waals surface area contributed by atoms with E-state index in [0.29, 0.717) is 18.7 Å². The highest BCUT2D eigenvalue weighted by Crippen LogP contribution is 2.28. The van der Waals surface area contributed by atoms with E-state index in [1.165, 1.54) is 18.2 Å². The molecule has 5 heteroatoms. The molecule has 0 saturated heterocycles. The normalized spacial score (nSPS) is 14.5. The van der Waals surface area contributed by atoms with Crippen LogP contribution >= 0.6 is 0 Å². The maximum atomic E-state index is 9.45. The number of ether oxygens (including phenoxy) is 1. The van der Waals surface area contributed by atoms with Crippen LogP contribution in [0.5, 0.6) is 11.5 Å². The van der Waals surface area contributed by atoms with Crippen LogP contribution in [0.15, 0.2) is 18.2 Å². The molecule has 1 unspecified atom stereocenters. The van der Waals surface area contributed by atoms with Gasteiger partial charge in [-0.25, -0.2) is 0 Å². The van der Waals surface area contributed by atoms with Crippen LogP contribution in [0.4, 0.5) is 0 Å². The summed E-state index contributed by atoms with van der Waals surface area (Å²) in [5.74, 6) is -0.0681. The first kappa shape index (κ1) is 13.8. The monoisotopic (exact) mass is 241 g/mol. The number of phenolic OH excluding ortho intramolecular Hbond substituents is 2. The van der Waals surface area contributed by atoms with Gasteiger partial charge in [0.05, 0.1) is 18.8 Å². The summed E-state index contributed by atoms with van der Waals surface area (Å²) in [7, 11) is 1.60. The first-order valence-corrected chi connectivity index (χ1v) is 5.40. The molecule has 0 heterocycles. The van der Waals surface area contributed by atoms with Gasteiger partial charge in [0.2, 0.25) is 0 Å². The van der Waals surface area contributed by atoms with Crippen LogP contribution in [0.3, 0.4) is 0 Å². The molecule has 0 aliphatic carbocycles. The van der Waals surface area contributed by atoms with Gasteiger partial charge in [-0.3, -0.25) is 0 Å². The zero-order chi connectivity index (χ0) is 12.9. The number of hydrogen-bond acceptors (Lipinski definition) is 5. The van der Waals surface area contributed by atoms with Crippen LogP contribution in [-0.2, 0) is 10.3 Å². The minimum Gasteiger partial charge on any atom is -0.508 e. The van der Waals surface area contributed by atoms with Crippen LogP contribution < -0.4 is 5.32 Å². The Kier molecular flexibility index (Phi) is 4.74. The fourth-order valence-electron chi connectivity index (χ4n) is 1.59. The fourth-order valence-corrected chi connectivity index (χ4v) is 1.59. The lowest BCUT2D eigenvalue weighted by atomic mass is 9.92. The lowest BCUT2D eigenvalue weighted by Crippen LogP contribution is -2.44. The minimum absolute atomic E-state index is 0.0341. The van der Waals surface area contributed by atoms with Gasteiger partial charge in [0.25, 0.3) is 0 Å². The van der Waals surface area contributed by atoms with Crippen molar-refractivity contribution < 1.29 is 20.1 Å². The quantitative estimate of drug-likeness (QED) is 0.547. The van der Waals surface area contributed by atoms with Crippen LogP contribution in [0.25, 0.3) is 0 Å². The average Bonchev–Trinajstić information content (AvgIpc) is 2.28. The summed E-state index contributed by atoms with van der Waals surface area (Å²) >= 11 is 0. The molecule has 0 spiro atoms. The standard InChI is InChI=1S/C12H19NO4/c1-12(8-14,13-3-4-17-2)9-5-10(15)7-11(16)6-9/h5-7,13-16H,3-4,8H2,1-2H3. The highest BCUT2D eigenvalue weighted by atomic mass is 16.5. The Morgan fingerprint density at radius 2 is 1.82 bits per heavy atom. The van der Waals surface area contributed by atoms with Crippen molar-refractivity contribution in [2.45, 2.75) is 12.5 Å². The Morgan fingerprint density at radius 1 is 1.24 bits per heavy atom. The van der Waals surface area contributed by atoms with Gasteiger partial charge >= 0.3 is 0 Å². The van der Waals surface area contributed by atoms with Crippen LogP contribution in [0, 0.1) is 0 Å². The van der Waals surface area contributed by atoms with E-state index in [4.69, 9.17) is 4.74 Å². The fraction of sp³-hybridized carbons (Fsp3) is 0.500. The Balaban J connectivity index is 2.90. The van der Waals surface area contributed by atoms with Crippen molar-refractivity contribution in [1.82, 2.24) is 5.32 Å². The maximum absolute atomic E-state index is 9.45. The van der Waals surface area contributed by atoms with Crippen molar-refractivity contribution in [2.75, 3.05) is 26.9 Å². The van der Waals surface area contributed by atoms with Gasteiger partial charge in [-0.15, -0.1) is 0 Å². The van der Waals surface area contributed by atoms with Crippen molar-refractivity contribution >= 4 is 0 Å². The van der Waals surface area contributed by atoms with Gasteiger partial charge < -0.3 is 25.4 Å². The Morgan fingerprint density at radius 3 is 2.29 bits per heavy atom. The van der Waals surface area contributed by atoms with Crippen molar-refractivity contribution in [3.8, 4) is 11.5 Å². The molecule has 17 heavy (non-hydrogen) atoms. The van der Waals surface area contributed by atoms with Crippen LogP contribution in [-0.4, -0.2) is 42.2 Å². The number of aliphatic hydroxyl groups excluding tert-OH is 1. The molecule has 1 atom stereocenters. The van der Waals surface area contributed by atoms with Crippen molar-refractivity contribution in [3.63, 3.8) is 0 Å². The minimum atomic E-state index is -0.727. The molecule has 1 aromatic rings. The number of aromatic hydroxyl groups is 2. The highest BCUT2D eigenvalue weighted by Gasteiger charge is 2.25. The predicted octanol–water partition coefficient (Wildman–Crippen LogP) is 0.541. The van der Waals surface area contributed by atoms with Crippen molar-refractivity contribution in [1.29, 1.82) is 0 Å². The van der Waals surface area contributed by atoms with Gasteiger partial charge in [0.1, 0.15) is 11.5 Å². The first-order valence-electron chi connectivity index (χ1n) is 5.40. The Labute approximate surface area is 101 Å². The van der Waals surface area contributed by atoms with Crippen LogP contribution in [0.2, 0.25) is 0 Å². The highest BCUT2D eigenvalue weighted by molar-refractivity contribution is 5.40. The topological polar surface area (TPSA) is 82.0 Å². The lowest BCUT2D eigenvalue weighted by Gasteiger charge is -2.29. The van der Waals surface area contributed by atoms with E-state index < -0.39 is 5.54 Å². The van der Waals surface area contributed by atoms with E-state index in [1.54, 1.807) is 14.0 Å². The lowest BCUT2D eigenvalue weighted by molar-refractivity contribution is 0.147. The van der Waals surface area contributed by atoms with Gasteiger partial charge in [-0.05, 0) is 24.6 Å². The Hall–Kier alpha value is -1.30. The SMILES string of the molecule is COCCNC(C)(CO)c1cc(O)cc(O)c1. The second-order valence-corrected chi connectivity index (χ2v) is 4.15. The molecule has 5 nitrogen and oxygen atoms in total. The molecule has 1 rings (SSSR count). The molecule has 0 amide bonds. The summed E-state index contributed by atoms with van der Waals surface area (Å²) in [5.41, 5.74) is -0.108. The summed E-state index contributed by atoms with van der Waals surface area (Å²) in [6.45, 7) is 2.71. The molecule has 0 bridgehead atoms.